The Morgan fingerprint density at radius 2 is 2.00 bits per heavy atom. The summed E-state index contributed by atoms with van der Waals surface area (Å²) >= 11 is 3.32. The molecule has 0 aliphatic rings. The van der Waals surface area contributed by atoms with Crippen molar-refractivity contribution in [1.29, 1.82) is 0 Å². The Kier molecular flexibility index (Phi) is 3.71. The summed E-state index contributed by atoms with van der Waals surface area (Å²) in [5.74, 6) is -1.18. The van der Waals surface area contributed by atoms with Crippen LogP contribution in [0.25, 0.3) is 6.08 Å². The van der Waals surface area contributed by atoms with Crippen LogP contribution in [0.5, 0.6) is 0 Å². The number of rotatable bonds is 3. The molecule has 0 bridgehead atoms. The first-order valence-corrected chi connectivity index (χ1v) is 4.88. The highest BCUT2D eigenvalue weighted by atomic mass is 79.9. The fourth-order valence-corrected chi connectivity index (χ4v) is 1.26. The molecule has 1 rings (SSSR count). The highest BCUT2D eigenvalue weighted by Gasteiger charge is 1.88. The fraction of sp³-hybridized carbons (Fsp3) is 0.100. The van der Waals surface area contributed by atoms with Crippen LogP contribution in [-0.2, 0) is 10.1 Å². The lowest BCUT2D eigenvalue weighted by atomic mass is 10.1. The number of halogens is 1. The van der Waals surface area contributed by atoms with E-state index in [0.29, 0.717) is 0 Å². The summed E-state index contributed by atoms with van der Waals surface area (Å²) in [6.45, 7) is 0. The van der Waals surface area contributed by atoms with Crippen LogP contribution in [0, 0.1) is 0 Å². The van der Waals surface area contributed by atoms with E-state index in [1.54, 1.807) is 0 Å². The molecule has 68 valence electrons. The Morgan fingerprint density at radius 1 is 1.38 bits per heavy atom. The Hall–Kier alpha value is -1.09. The van der Waals surface area contributed by atoms with Crippen LogP contribution in [0.4, 0.5) is 0 Å². The Labute approximate surface area is 85.0 Å². The summed E-state index contributed by atoms with van der Waals surface area (Å²) < 4.78 is 0. The molecule has 1 aromatic carbocycles. The molecule has 13 heavy (non-hydrogen) atoms. The first-order chi connectivity index (χ1) is 6.22. The summed E-state index contributed by atoms with van der Waals surface area (Å²) in [7, 11) is 0. The molecule has 0 heterocycles. The van der Waals surface area contributed by atoms with E-state index in [4.69, 9.17) is 0 Å². The van der Waals surface area contributed by atoms with E-state index in [1.807, 2.05) is 24.3 Å². The van der Waals surface area contributed by atoms with Crippen LogP contribution < -0.4 is 5.11 Å². The van der Waals surface area contributed by atoms with Gasteiger partial charge in [0.05, 0.1) is 5.97 Å². The van der Waals surface area contributed by atoms with Gasteiger partial charge in [-0.25, -0.2) is 0 Å². The van der Waals surface area contributed by atoms with E-state index in [2.05, 4.69) is 15.9 Å². The third-order valence-electron chi connectivity index (χ3n) is 1.55. The van der Waals surface area contributed by atoms with Crippen LogP contribution in [0.1, 0.15) is 11.1 Å². The standard InChI is InChI=1S/C10H9BrO2/c11-7-9-3-1-8(2-4-9)5-6-10(12)13/h1-6H,7H2,(H,12,13)/p-1/b6-5+. The number of carbonyl (C=O) groups excluding carboxylic acids is 1. The molecule has 0 N–H and O–H groups in total. The van der Waals surface area contributed by atoms with Crippen molar-refractivity contribution >= 4 is 28.0 Å². The maximum absolute atomic E-state index is 10.1. The molecule has 0 unspecified atom stereocenters. The largest absolute Gasteiger partial charge is 0.545 e. The molecule has 0 spiro atoms. The smallest absolute Gasteiger partial charge is 0.0643 e. The molecule has 0 amide bonds. The number of hydrogen-bond acceptors (Lipinski definition) is 2. The topological polar surface area (TPSA) is 40.1 Å². The van der Waals surface area contributed by atoms with Crippen molar-refractivity contribution in [3.63, 3.8) is 0 Å². The van der Waals surface area contributed by atoms with E-state index in [9.17, 15) is 9.90 Å². The lowest BCUT2D eigenvalue weighted by Crippen LogP contribution is -2.18. The van der Waals surface area contributed by atoms with Crippen LogP contribution in [0.2, 0.25) is 0 Å². The van der Waals surface area contributed by atoms with Crippen molar-refractivity contribution < 1.29 is 9.90 Å². The quantitative estimate of drug-likeness (QED) is 0.590. The molecular weight excluding hydrogens is 232 g/mol. The normalized spacial score (nSPS) is 10.5. The number of benzene rings is 1. The summed E-state index contributed by atoms with van der Waals surface area (Å²) in [5.41, 5.74) is 2.01. The minimum atomic E-state index is -1.18. The second kappa shape index (κ2) is 4.82. The van der Waals surface area contributed by atoms with Gasteiger partial charge in [-0.15, -0.1) is 0 Å². The van der Waals surface area contributed by atoms with Crippen molar-refractivity contribution in [3.8, 4) is 0 Å². The zero-order valence-electron chi connectivity index (χ0n) is 6.87. The van der Waals surface area contributed by atoms with Gasteiger partial charge in [0.15, 0.2) is 0 Å². The molecule has 0 saturated carbocycles. The predicted molar refractivity (Wildman–Crippen MR) is 53.1 cm³/mol. The average Bonchev–Trinajstić information content (AvgIpc) is 2.15. The van der Waals surface area contributed by atoms with Gasteiger partial charge in [0.25, 0.3) is 0 Å². The van der Waals surface area contributed by atoms with E-state index >= 15 is 0 Å². The molecule has 2 nitrogen and oxygen atoms in total. The van der Waals surface area contributed by atoms with Gasteiger partial charge in [-0.1, -0.05) is 46.3 Å². The van der Waals surface area contributed by atoms with Crippen LogP contribution in [-0.4, -0.2) is 5.97 Å². The molecule has 3 heteroatoms. The number of carbonyl (C=O) groups is 1. The second-order valence-corrected chi connectivity index (χ2v) is 3.09. The molecule has 1 aromatic rings. The molecule has 0 aliphatic carbocycles. The van der Waals surface area contributed by atoms with Gasteiger partial charge >= 0.3 is 0 Å². The van der Waals surface area contributed by atoms with Gasteiger partial charge in [0.2, 0.25) is 0 Å². The van der Waals surface area contributed by atoms with Crippen molar-refractivity contribution in [1.82, 2.24) is 0 Å². The van der Waals surface area contributed by atoms with E-state index < -0.39 is 5.97 Å². The maximum atomic E-state index is 10.1. The monoisotopic (exact) mass is 239 g/mol. The summed E-state index contributed by atoms with van der Waals surface area (Å²) in [4.78, 5) is 10.1. The number of aliphatic carboxylic acids is 1. The predicted octanol–water partition coefficient (Wildman–Crippen LogP) is 1.34. The first kappa shape index (κ1) is 9.99. The third kappa shape index (κ3) is 3.42. The lowest BCUT2D eigenvalue weighted by Gasteiger charge is -1.96. The summed E-state index contributed by atoms with van der Waals surface area (Å²) in [5, 5.41) is 10.9. The molecule has 0 fully saturated rings. The zero-order chi connectivity index (χ0) is 9.68. The minimum absolute atomic E-state index is 0.803. The van der Waals surface area contributed by atoms with Crippen LogP contribution in [0.3, 0.4) is 0 Å². The van der Waals surface area contributed by atoms with E-state index in [-0.39, 0.29) is 0 Å². The highest BCUT2D eigenvalue weighted by molar-refractivity contribution is 9.08. The van der Waals surface area contributed by atoms with Gasteiger partial charge in [-0.3, -0.25) is 0 Å². The number of carboxylic acid groups (broad SMARTS) is 1. The van der Waals surface area contributed by atoms with Crippen molar-refractivity contribution in [2.45, 2.75) is 5.33 Å². The van der Waals surface area contributed by atoms with Gasteiger partial charge in [0, 0.05) is 5.33 Å². The Morgan fingerprint density at radius 3 is 2.46 bits per heavy atom. The number of alkyl halides is 1. The van der Waals surface area contributed by atoms with Gasteiger partial charge in [-0.2, -0.15) is 0 Å². The van der Waals surface area contributed by atoms with E-state index in [0.717, 1.165) is 22.5 Å². The highest BCUT2D eigenvalue weighted by Crippen LogP contribution is 2.08. The Balaban J connectivity index is 2.75. The maximum Gasteiger partial charge on any atom is 0.0643 e. The van der Waals surface area contributed by atoms with Gasteiger partial charge in [0.1, 0.15) is 0 Å². The van der Waals surface area contributed by atoms with E-state index in [1.165, 1.54) is 6.08 Å². The van der Waals surface area contributed by atoms with Gasteiger partial charge < -0.3 is 9.90 Å². The zero-order valence-corrected chi connectivity index (χ0v) is 8.45. The second-order valence-electron chi connectivity index (χ2n) is 2.53. The molecule has 0 aromatic heterocycles. The molecule has 0 aliphatic heterocycles. The molecule has 0 saturated heterocycles. The first-order valence-electron chi connectivity index (χ1n) is 3.76. The van der Waals surface area contributed by atoms with Crippen molar-refractivity contribution in [2.75, 3.05) is 0 Å². The lowest BCUT2D eigenvalue weighted by molar-refractivity contribution is -0.297. The SMILES string of the molecule is O=C([O-])/C=C/c1ccc(CBr)cc1. The fourth-order valence-electron chi connectivity index (χ4n) is 0.882. The van der Waals surface area contributed by atoms with Crippen molar-refractivity contribution in [3.05, 3.63) is 41.5 Å². The number of hydrogen-bond donors (Lipinski definition) is 0. The summed E-state index contributed by atoms with van der Waals surface area (Å²) in [6.07, 6.45) is 2.52. The molecular formula is C10H8BrO2-. The third-order valence-corrected chi connectivity index (χ3v) is 2.19. The molecule has 0 atom stereocenters. The van der Waals surface area contributed by atoms with Crippen LogP contribution in [0.15, 0.2) is 30.3 Å². The number of carboxylic acids is 1. The minimum Gasteiger partial charge on any atom is -0.545 e. The van der Waals surface area contributed by atoms with Crippen molar-refractivity contribution in [2.24, 2.45) is 0 Å². The summed E-state index contributed by atoms with van der Waals surface area (Å²) in [6, 6.07) is 7.58. The molecule has 0 radical (unpaired) electrons. The van der Waals surface area contributed by atoms with Gasteiger partial charge in [-0.05, 0) is 17.2 Å². The average molecular weight is 240 g/mol. The Bertz CT molecular complexity index is 314. The van der Waals surface area contributed by atoms with Crippen LogP contribution >= 0.6 is 15.9 Å².